The van der Waals surface area contributed by atoms with Crippen molar-refractivity contribution in [3.8, 4) is 22.9 Å². The quantitative estimate of drug-likeness (QED) is 0.547. The van der Waals surface area contributed by atoms with Crippen molar-refractivity contribution in [2.24, 2.45) is 0 Å². The van der Waals surface area contributed by atoms with E-state index in [0.717, 1.165) is 32.6 Å². The second-order valence-electron chi connectivity index (χ2n) is 5.50. The minimum absolute atomic E-state index is 0.399. The summed E-state index contributed by atoms with van der Waals surface area (Å²) < 4.78 is 12.9. The Kier molecular flexibility index (Phi) is 4.07. The first-order chi connectivity index (χ1) is 12.2. The van der Waals surface area contributed by atoms with Gasteiger partial charge in [-0.1, -0.05) is 41.7 Å². The van der Waals surface area contributed by atoms with Crippen LogP contribution < -0.4 is 9.47 Å². The third-order valence-corrected chi connectivity index (χ3v) is 4.68. The van der Waals surface area contributed by atoms with Gasteiger partial charge in [0.2, 0.25) is 4.96 Å². The maximum absolute atomic E-state index is 5.87. The molecule has 4 aromatic rings. The molecule has 0 amide bonds. The Morgan fingerprint density at radius 3 is 2.80 bits per heavy atom. The highest BCUT2D eigenvalue weighted by Gasteiger charge is 2.14. The van der Waals surface area contributed by atoms with Crippen LogP contribution in [0.4, 0.5) is 0 Å². The molecule has 0 saturated carbocycles. The average Bonchev–Trinajstić information content (AvgIpc) is 3.21. The lowest BCUT2D eigenvalue weighted by atomic mass is 10.2. The van der Waals surface area contributed by atoms with Gasteiger partial charge in [-0.2, -0.15) is 9.61 Å². The van der Waals surface area contributed by atoms with E-state index < -0.39 is 0 Å². The van der Waals surface area contributed by atoms with Crippen molar-refractivity contribution < 1.29 is 9.47 Å². The predicted octanol–water partition coefficient (Wildman–Crippen LogP) is 3.75. The molecular weight excluding hydrogens is 336 g/mol. The third kappa shape index (κ3) is 3.06. The normalized spacial score (nSPS) is 11.0. The minimum Gasteiger partial charge on any atom is -0.497 e. The van der Waals surface area contributed by atoms with Crippen molar-refractivity contribution in [3.63, 3.8) is 0 Å². The molecule has 25 heavy (non-hydrogen) atoms. The predicted molar refractivity (Wildman–Crippen MR) is 96.2 cm³/mol. The number of aromatic nitrogens is 4. The van der Waals surface area contributed by atoms with Crippen molar-refractivity contribution in [1.82, 2.24) is 19.8 Å². The minimum atomic E-state index is 0.399. The van der Waals surface area contributed by atoms with Crippen LogP contribution in [0.5, 0.6) is 11.5 Å². The zero-order valence-corrected chi connectivity index (χ0v) is 14.7. The molecule has 6 nitrogen and oxygen atoms in total. The Labute approximate surface area is 148 Å². The molecule has 0 bridgehead atoms. The molecule has 2 aromatic carbocycles. The van der Waals surface area contributed by atoms with E-state index in [-0.39, 0.29) is 0 Å². The fraction of sp³-hybridized carbons (Fsp3) is 0.167. The summed E-state index contributed by atoms with van der Waals surface area (Å²) in [4.78, 5) is 0.737. The van der Waals surface area contributed by atoms with E-state index in [4.69, 9.17) is 9.47 Å². The number of ether oxygens (including phenoxy) is 2. The molecule has 0 fully saturated rings. The van der Waals surface area contributed by atoms with E-state index in [1.807, 2.05) is 55.5 Å². The summed E-state index contributed by atoms with van der Waals surface area (Å²) in [6.07, 6.45) is 0. The van der Waals surface area contributed by atoms with Gasteiger partial charge in [0.05, 0.1) is 7.11 Å². The molecule has 0 N–H and O–H groups in total. The molecule has 126 valence electrons. The fourth-order valence-electron chi connectivity index (χ4n) is 2.51. The summed E-state index contributed by atoms with van der Waals surface area (Å²) in [6, 6.07) is 15.6. The molecule has 0 saturated heterocycles. The summed E-state index contributed by atoms with van der Waals surface area (Å²) in [5.41, 5.74) is 2.01. The number of methoxy groups -OCH3 is 1. The summed E-state index contributed by atoms with van der Waals surface area (Å²) >= 11 is 1.47. The van der Waals surface area contributed by atoms with Gasteiger partial charge in [0.1, 0.15) is 18.1 Å². The molecule has 0 unspecified atom stereocenters. The van der Waals surface area contributed by atoms with Crippen LogP contribution in [0.15, 0.2) is 48.5 Å². The fourth-order valence-corrected chi connectivity index (χ4v) is 3.26. The van der Waals surface area contributed by atoms with Gasteiger partial charge in [-0.15, -0.1) is 10.2 Å². The topological polar surface area (TPSA) is 61.5 Å². The van der Waals surface area contributed by atoms with Crippen molar-refractivity contribution in [1.29, 1.82) is 0 Å². The lowest BCUT2D eigenvalue weighted by Crippen LogP contribution is -1.98. The number of aryl methyl sites for hydroxylation is 1. The van der Waals surface area contributed by atoms with Gasteiger partial charge in [0.15, 0.2) is 10.8 Å². The van der Waals surface area contributed by atoms with Crippen LogP contribution in [0.1, 0.15) is 10.6 Å². The van der Waals surface area contributed by atoms with Gasteiger partial charge in [0, 0.05) is 5.56 Å². The van der Waals surface area contributed by atoms with Crippen LogP contribution in [-0.2, 0) is 6.61 Å². The SMILES string of the molecule is COc1cccc(-c2nnc3sc(COc4ccccc4C)nn23)c1. The monoisotopic (exact) mass is 352 g/mol. The number of hydrogen-bond acceptors (Lipinski definition) is 6. The molecular formula is C18H16N4O2S. The number of fused-ring (bicyclic) bond motifs is 1. The molecule has 2 heterocycles. The molecule has 0 aliphatic heterocycles. The van der Waals surface area contributed by atoms with E-state index in [0.29, 0.717) is 12.4 Å². The Morgan fingerprint density at radius 1 is 1.08 bits per heavy atom. The van der Waals surface area contributed by atoms with Gasteiger partial charge in [-0.25, -0.2) is 0 Å². The first kappa shape index (κ1) is 15.6. The number of rotatable bonds is 5. The molecule has 0 aliphatic carbocycles. The summed E-state index contributed by atoms with van der Waals surface area (Å²) in [6.45, 7) is 2.42. The number of nitrogens with zero attached hydrogens (tertiary/aromatic N) is 4. The van der Waals surface area contributed by atoms with Crippen molar-refractivity contribution in [2.75, 3.05) is 7.11 Å². The highest BCUT2D eigenvalue weighted by molar-refractivity contribution is 7.16. The zero-order chi connectivity index (χ0) is 17.2. The zero-order valence-electron chi connectivity index (χ0n) is 13.8. The highest BCUT2D eigenvalue weighted by Crippen LogP contribution is 2.25. The Balaban J connectivity index is 1.61. The van der Waals surface area contributed by atoms with Crippen LogP contribution in [0.3, 0.4) is 0 Å². The molecule has 0 aliphatic rings. The third-order valence-electron chi connectivity index (χ3n) is 3.81. The van der Waals surface area contributed by atoms with Crippen LogP contribution in [0, 0.1) is 6.92 Å². The maximum atomic E-state index is 5.87. The molecule has 2 aromatic heterocycles. The molecule has 4 rings (SSSR count). The van der Waals surface area contributed by atoms with Crippen molar-refractivity contribution in [2.45, 2.75) is 13.5 Å². The first-order valence-corrected chi connectivity index (χ1v) is 8.60. The van der Waals surface area contributed by atoms with Gasteiger partial charge < -0.3 is 9.47 Å². The van der Waals surface area contributed by atoms with E-state index >= 15 is 0 Å². The van der Waals surface area contributed by atoms with Crippen LogP contribution >= 0.6 is 11.3 Å². The van der Waals surface area contributed by atoms with Gasteiger partial charge in [-0.3, -0.25) is 0 Å². The summed E-state index contributed by atoms with van der Waals surface area (Å²) in [5, 5.41) is 13.9. The number of benzene rings is 2. The molecule has 0 atom stereocenters. The van der Waals surface area contributed by atoms with E-state index in [9.17, 15) is 0 Å². The standard InChI is InChI=1S/C18H16N4O2S/c1-12-6-3-4-9-15(12)24-11-16-21-22-17(19-20-18(22)25-16)13-7-5-8-14(10-13)23-2/h3-10H,11H2,1-2H3. The Hall–Kier alpha value is -2.93. The van der Waals surface area contributed by atoms with Gasteiger partial charge in [-0.05, 0) is 30.7 Å². The second-order valence-corrected chi connectivity index (χ2v) is 6.54. The summed E-state index contributed by atoms with van der Waals surface area (Å²) in [7, 11) is 1.64. The van der Waals surface area contributed by atoms with Crippen LogP contribution in [-0.4, -0.2) is 26.9 Å². The largest absolute Gasteiger partial charge is 0.497 e. The lowest BCUT2D eigenvalue weighted by molar-refractivity contribution is 0.302. The average molecular weight is 352 g/mol. The van der Waals surface area contributed by atoms with Gasteiger partial charge in [0.25, 0.3) is 0 Å². The van der Waals surface area contributed by atoms with E-state index in [1.165, 1.54) is 11.3 Å². The smallest absolute Gasteiger partial charge is 0.235 e. The van der Waals surface area contributed by atoms with Crippen LogP contribution in [0.2, 0.25) is 0 Å². The lowest BCUT2D eigenvalue weighted by Gasteiger charge is -2.06. The van der Waals surface area contributed by atoms with Crippen molar-refractivity contribution in [3.05, 3.63) is 59.1 Å². The van der Waals surface area contributed by atoms with Crippen molar-refractivity contribution >= 4 is 16.3 Å². The molecule has 0 radical (unpaired) electrons. The first-order valence-electron chi connectivity index (χ1n) is 7.78. The molecule has 0 spiro atoms. The molecule has 7 heteroatoms. The number of hydrogen-bond donors (Lipinski definition) is 0. The highest BCUT2D eigenvalue weighted by atomic mass is 32.1. The Morgan fingerprint density at radius 2 is 1.96 bits per heavy atom. The Bertz CT molecular complexity index is 1020. The van der Waals surface area contributed by atoms with Crippen LogP contribution in [0.25, 0.3) is 16.3 Å². The number of para-hydroxylation sites is 1. The van der Waals surface area contributed by atoms with E-state index in [1.54, 1.807) is 11.6 Å². The van der Waals surface area contributed by atoms with Gasteiger partial charge >= 0.3 is 0 Å². The summed E-state index contributed by atoms with van der Waals surface area (Å²) in [5.74, 6) is 2.32. The maximum Gasteiger partial charge on any atom is 0.235 e. The second kappa shape index (κ2) is 6.52. The van der Waals surface area contributed by atoms with E-state index in [2.05, 4.69) is 15.3 Å².